The zero-order chi connectivity index (χ0) is 55.1. The van der Waals surface area contributed by atoms with Gasteiger partial charge in [-0.1, -0.05) is 94.2 Å². The maximum absolute atomic E-state index is 15.6. The molecule has 5 heteroatoms. The molecule has 3 aliphatic rings. The van der Waals surface area contributed by atoms with Gasteiger partial charge in [0.05, 0.1) is 24.2 Å². The van der Waals surface area contributed by atoms with Crippen LogP contribution in [0.1, 0.15) is 150 Å². The van der Waals surface area contributed by atoms with Crippen molar-refractivity contribution in [1.29, 1.82) is 1.43 Å². The summed E-state index contributed by atoms with van der Waals surface area (Å²) >= 11 is 0. The van der Waals surface area contributed by atoms with E-state index in [0.29, 0.717) is 27.7 Å². The van der Waals surface area contributed by atoms with Gasteiger partial charge in [-0.25, -0.2) is 0 Å². The molecule has 42 heavy (non-hydrogen) atoms. The lowest BCUT2D eigenvalue weighted by molar-refractivity contribution is -0.214. The Morgan fingerprint density at radius 2 is 2.00 bits per heavy atom. The van der Waals surface area contributed by atoms with E-state index in [-0.39, 0.29) is 0 Å². The molecule has 5 nitrogen and oxygen atoms in total. The van der Waals surface area contributed by atoms with Crippen LogP contribution in [0.25, 0.3) is 0 Å². The van der Waals surface area contributed by atoms with Gasteiger partial charge in [0.25, 0.3) is 0 Å². The first-order valence-corrected chi connectivity index (χ1v) is 13.7. The highest BCUT2D eigenvalue weighted by atomic mass is 16.6. The molecule has 1 fully saturated rings. The van der Waals surface area contributed by atoms with E-state index in [4.69, 9.17) is 27.4 Å². The van der Waals surface area contributed by atoms with Gasteiger partial charge in [0.1, 0.15) is 11.7 Å². The maximum atomic E-state index is 15.6. The quantitative estimate of drug-likeness (QED) is 0.251. The third-order valence-corrected chi connectivity index (χ3v) is 8.02. The average Bonchev–Trinajstić information content (AvgIpc) is 3.10. The monoisotopic (exact) mass is 613 g/mol. The fourth-order valence-corrected chi connectivity index (χ4v) is 5.36. The molecule has 240 valence electrons. The number of aliphatic hydroxyl groups is 1. The SMILES string of the molecule is [2H]O[C@@]1([2H])C([2H])(C)C(=O)O[C@]([2H])(C([2H])([2H])C(C)(C)[C@]2([2H])[C@]3([2H])C(=C([2H])[C@]([2H])(C([2H])(C)C)C(C)(C)[C@]3(C)OC(=O)C(C([2H])([2H])[2H])(C([2H])(C)C)C([2H])([2H])C([2H])(C)C)C([2H])=C([2H])[C@]2([2H])C([2H])([2H])[2H])C1([2H])[2H]. The largest absolute Gasteiger partial charge is 0.462 e. The Morgan fingerprint density at radius 3 is 2.52 bits per heavy atom. The maximum Gasteiger partial charge on any atom is 0.312 e. The Bertz CT molecular complexity index is 2160. The van der Waals surface area contributed by atoms with Gasteiger partial charge in [0.15, 0.2) is 0 Å². The standard InChI is InChI=1S/C37H62O5/c1-21(2)19-36(13,23(5)6)33(40)42-37(14)31-26(17-28(22(3)4)35(37,11)12)16-15-24(7)30(31)34(9,10)20-27-18-29(38)25(8)32(39)41-27/h15-17,21-25,27-31,38H,18-20H2,1-14H3/t24-,25?,27-,28+,29+,30-,31-,36?,37+/m0/s1/i7D3,13D3,15D,16D,17D,18D2,19D2,20D2,21D,22D,23D,24D,25D,27D,28D,29D,30D,31D,38D. The minimum atomic E-state index is -4.44. The molecule has 1 N–H and O–H groups in total. The van der Waals surface area contributed by atoms with Crippen LogP contribution in [0.4, 0.5) is 0 Å². The zero-order valence-corrected chi connectivity index (χ0v) is 26.5. The van der Waals surface area contributed by atoms with Gasteiger partial charge < -0.3 is 14.6 Å². The van der Waals surface area contributed by atoms with Gasteiger partial charge >= 0.3 is 11.9 Å². The summed E-state index contributed by atoms with van der Waals surface area (Å²) in [5, 5.41) is 4.26. The van der Waals surface area contributed by atoms with E-state index in [0.717, 1.165) is 55.4 Å². The van der Waals surface area contributed by atoms with Gasteiger partial charge in [-0.2, -0.15) is 0 Å². The molecule has 0 saturated carbocycles. The number of cyclic esters (lactones) is 1. The first-order valence-electron chi connectivity index (χ1n) is 26.6. The fraction of sp³-hybridized carbons (Fsp3) is 0.838. The Labute approximate surface area is 293 Å². The van der Waals surface area contributed by atoms with E-state index in [2.05, 4.69) is 5.11 Å². The molecule has 2 aliphatic carbocycles. The van der Waals surface area contributed by atoms with Crippen LogP contribution >= 0.6 is 0 Å². The molecule has 0 aromatic heterocycles. The molecule has 1 heterocycles. The second-order valence-corrected chi connectivity index (χ2v) is 12.7. The summed E-state index contributed by atoms with van der Waals surface area (Å²) in [4.78, 5) is 29.2. The van der Waals surface area contributed by atoms with Crippen molar-refractivity contribution >= 4 is 11.9 Å². The molecule has 1 aliphatic heterocycles. The lowest BCUT2D eigenvalue weighted by Crippen LogP contribution is -2.63. The van der Waals surface area contributed by atoms with Crippen molar-refractivity contribution in [2.45, 2.75) is 134 Å². The van der Waals surface area contributed by atoms with Crippen molar-refractivity contribution < 1.29 is 58.4 Å². The number of fused-ring (bicyclic) bond motifs is 1. The molecule has 0 bridgehead atoms. The number of rotatable bonds is 10. The molecule has 3 rings (SSSR count). The van der Waals surface area contributed by atoms with Crippen molar-refractivity contribution in [2.75, 3.05) is 0 Å². The highest BCUT2D eigenvalue weighted by Gasteiger charge is 2.63. The highest BCUT2D eigenvalue weighted by Crippen LogP contribution is 2.62. The van der Waals surface area contributed by atoms with E-state index in [9.17, 15) is 22.6 Å². The minimum Gasteiger partial charge on any atom is -0.462 e. The van der Waals surface area contributed by atoms with Crippen LogP contribution < -0.4 is 0 Å². The molecule has 0 radical (unpaired) electrons. The van der Waals surface area contributed by atoms with Crippen molar-refractivity contribution in [3.63, 3.8) is 0 Å². The Kier molecular flexibility index (Phi) is 3.84. The molecule has 0 aromatic carbocycles. The molecule has 0 aromatic rings. The molecule has 1 saturated heterocycles. The fourth-order valence-electron chi connectivity index (χ4n) is 5.36. The van der Waals surface area contributed by atoms with Gasteiger partial charge in [-0.3, -0.25) is 9.59 Å². The number of hydrogen-bond donors (Lipinski definition) is 1. The van der Waals surface area contributed by atoms with E-state index < -0.39 is 150 Å². The van der Waals surface area contributed by atoms with E-state index in [1.54, 1.807) is 0 Å². The number of carbonyl (C=O) groups excluding carboxylic acids is 2. The number of carbonyl (C=O) groups is 2. The number of ether oxygens (including phenoxy) is 2. The zero-order valence-electron chi connectivity index (χ0n) is 52.5. The topological polar surface area (TPSA) is 72.8 Å². The van der Waals surface area contributed by atoms with Crippen molar-refractivity contribution in [1.82, 2.24) is 0 Å². The number of allylic oxidation sites excluding steroid dienone is 3. The average molecular weight is 613 g/mol. The molecule has 0 amide bonds. The van der Waals surface area contributed by atoms with Gasteiger partial charge in [-0.05, 0) is 79.8 Å². The Morgan fingerprint density at radius 1 is 1.33 bits per heavy atom. The predicted octanol–water partition coefficient (Wildman–Crippen LogP) is 8.40. The molecular weight excluding hydrogens is 524 g/mol. The van der Waals surface area contributed by atoms with E-state index in [1.165, 1.54) is 0 Å². The van der Waals surface area contributed by atoms with Crippen LogP contribution in [0.5, 0.6) is 0 Å². The first kappa shape index (κ1) is 13.4. The normalized spacial score (nSPS) is 61.6. The highest BCUT2D eigenvalue weighted by molar-refractivity contribution is 5.77. The second kappa shape index (κ2) is 12.1. The van der Waals surface area contributed by atoms with Crippen molar-refractivity contribution in [3.05, 3.63) is 23.7 Å². The third-order valence-electron chi connectivity index (χ3n) is 8.02. The summed E-state index contributed by atoms with van der Waals surface area (Å²) in [5.41, 5.74) is -15.6. The van der Waals surface area contributed by atoms with Gasteiger partial charge in [-0.15, -0.1) is 0 Å². The van der Waals surface area contributed by atoms with Gasteiger partial charge in [0, 0.05) is 45.1 Å². The van der Waals surface area contributed by atoms with Crippen molar-refractivity contribution in [2.24, 2.45) is 63.4 Å². The van der Waals surface area contributed by atoms with Crippen LogP contribution in [-0.2, 0) is 19.1 Å². The van der Waals surface area contributed by atoms with Crippen LogP contribution in [0.3, 0.4) is 0 Å². The second-order valence-electron chi connectivity index (χ2n) is 12.7. The van der Waals surface area contributed by atoms with Gasteiger partial charge in [0.2, 0.25) is 1.43 Å². The Balaban J connectivity index is 3.01. The lowest BCUT2D eigenvalue weighted by Gasteiger charge is -2.61. The van der Waals surface area contributed by atoms with Crippen LogP contribution in [-0.4, -0.2) is 36.2 Å². The molecule has 0 spiro atoms. The lowest BCUT2D eigenvalue weighted by atomic mass is 9.47. The minimum absolute atomic E-state index is 0.476. The van der Waals surface area contributed by atoms with Crippen LogP contribution in [0, 0.1) is 63.4 Å². The van der Waals surface area contributed by atoms with E-state index >= 15 is 4.79 Å². The molecule has 9 atom stereocenters. The number of hydrogen-bond acceptors (Lipinski definition) is 5. The summed E-state index contributed by atoms with van der Waals surface area (Å²) in [6, 6.07) is -4.80. The van der Waals surface area contributed by atoms with E-state index in [1.807, 2.05) is 0 Å². The first-order chi connectivity index (χ1) is 29.2. The summed E-state index contributed by atoms with van der Waals surface area (Å²) in [7, 11) is 0. The molecular formula is C37H62O5. The Hall–Kier alpha value is -1.62. The smallest absolute Gasteiger partial charge is 0.312 e. The van der Waals surface area contributed by atoms with Crippen molar-refractivity contribution in [3.8, 4) is 0 Å². The molecule has 2 unspecified atom stereocenters. The summed E-state index contributed by atoms with van der Waals surface area (Å²) in [5.74, 6) is -31.8. The third kappa shape index (κ3) is 6.15. The summed E-state index contributed by atoms with van der Waals surface area (Å²) < 4.78 is 251. The van der Waals surface area contributed by atoms with Crippen LogP contribution in [0.15, 0.2) is 23.7 Å². The summed E-state index contributed by atoms with van der Waals surface area (Å²) in [6.45, 7) is 0.839. The predicted molar refractivity (Wildman–Crippen MR) is 170 cm³/mol. The summed E-state index contributed by atoms with van der Waals surface area (Å²) in [6.07, 6.45) is -20.8. The number of esters is 2. The van der Waals surface area contributed by atoms with Crippen LogP contribution in [0.2, 0.25) is 0 Å².